The summed E-state index contributed by atoms with van der Waals surface area (Å²) in [4.78, 5) is 2.43. The standard InChI is InChI=1S/C20H25NO2/c1-20(16-7-6-8-17(15-16)22-2)11-13-21(14-12-20)18-9-4-5-10-19(18)23-3/h4-10,15H,11-14H2,1-3H3. The highest BCUT2D eigenvalue weighted by Gasteiger charge is 2.32. The van der Waals surface area contributed by atoms with Gasteiger partial charge in [0.2, 0.25) is 0 Å². The van der Waals surface area contributed by atoms with Crippen LogP contribution in [-0.2, 0) is 5.41 Å². The van der Waals surface area contributed by atoms with Gasteiger partial charge < -0.3 is 14.4 Å². The number of methoxy groups -OCH3 is 2. The average Bonchev–Trinajstić information content (AvgIpc) is 2.62. The zero-order valence-electron chi connectivity index (χ0n) is 14.2. The Morgan fingerprint density at radius 3 is 2.35 bits per heavy atom. The molecule has 1 fully saturated rings. The predicted molar refractivity (Wildman–Crippen MR) is 94.8 cm³/mol. The van der Waals surface area contributed by atoms with Crippen LogP contribution in [0, 0.1) is 0 Å². The summed E-state index contributed by atoms with van der Waals surface area (Å²) < 4.78 is 10.9. The van der Waals surface area contributed by atoms with Gasteiger partial charge in [0, 0.05) is 13.1 Å². The number of hydrogen-bond donors (Lipinski definition) is 0. The molecule has 1 aliphatic rings. The first kappa shape index (κ1) is 15.7. The van der Waals surface area contributed by atoms with Gasteiger partial charge in [-0.25, -0.2) is 0 Å². The van der Waals surface area contributed by atoms with Crippen LogP contribution in [-0.4, -0.2) is 27.3 Å². The number of nitrogens with zero attached hydrogens (tertiary/aromatic N) is 1. The van der Waals surface area contributed by atoms with Crippen LogP contribution in [0.15, 0.2) is 48.5 Å². The van der Waals surface area contributed by atoms with Crippen molar-refractivity contribution in [3.8, 4) is 11.5 Å². The summed E-state index contributed by atoms with van der Waals surface area (Å²) in [6.45, 7) is 4.43. The van der Waals surface area contributed by atoms with E-state index in [1.165, 1.54) is 11.3 Å². The van der Waals surface area contributed by atoms with Gasteiger partial charge in [-0.2, -0.15) is 0 Å². The monoisotopic (exact) mass is 311 g/mol. The van der Waals surface area contributed by atoms with E-state index < -0.39 is 0 Å². The minimum absolute atomic E-state index is 0.201. The topological polar surface area (TPSA) is 21.7 Å². The molecule has 122 valence electrons. The first-order valence-corrected chi connectivity index (χ1v) is 8.19. The van der Waals surface area contributed by atoms with Gasteiger partial charge in [0.15, 0.2) is 0 Å². The molecule has 23 heavy (non-hydrogen) atoms. The molecule has 2 aromatic carbocycles. The van der Waals surface area contributed by atoms with E-state index in [1.807, 2.05) is 18.2 Å². The highest BCUT2D eigenvalue weighted by molar-refractivity contribution is 5.59. The van der Waals surface area contributed by atoms with Crippen LogP contribution >= 0.6 is 0 Å². The largest absolute Gasteiger partial charge is 0.497 e. The number of anilines is 1. The second kappa shape index (κ2) is 6.53. The molecule has 0 aliphatic carbocycles. The molecule has 3 rings (SSSR count). The van der Waals surface area contributed by atoms with Gasteiger partial charge in [0.25, 0.3) is 0 Å². The number of ether oxygens (including phenoxy) is 2. The summed E-state index contributed by atoms with van der Waals surface area (Å²) in [5.41, 5.74) is 2.77. The fourth-order valence-electron chi connectivity index (χ4n) is 3.42. The Labute approximate surface area is 138 Å². The van der Waals surface area contributed by atoms with Crippen LogP contribution in [0.25, 0.3) is 0 Å². The molecule has 0 amide bonds. The maximum Gasteiger partial charge on any atom is 0.142 e. The van der Waals surface area contributed by atoms with Gasteiger partial charge in [-0.3, -0.25) is 0 Å². The molecule has 3 nitrogen and oxygen atoms in total. The van der Waals surface area contributed by atoms with Crippen molar-refractivity contribution in [2.45, 2.75) is 25.2 Å². The molecule has 0 spiro atoms. The second-order valence-electron chi connectivity index (χ2n) is 6.45. The molecule has 0 bridgehead atoms. The van der Waals surface area contributed by atoms with Crippen LogP contribution < -0.4 is 14.4 Å². The SMILES string of the molecule is COc1cccc(C2(C)CCN(c3ccccc3OC)CC2)c1. The highest BCUT2D eigenvalue weighted by Crippen LogP contribution is 2.39. The molecule has 0 radical (unpaired) electrons. The van der Waals surface area contributed by atoms with E-state index in [0.29, 0.717) is 0 Å². The Morgan fingerprint density at radius 1 is 0.913 bits per heavy atom. The van der Waals surface area contributed by atoms with Crippen LogP contribution in [0.4, 0.5) is 5.69 Å². The van der Waals surface area contributed by atoms with Crippen LogP contribution in [0.3, 0.4) is 0 Å². The summed E-state index contributed by atoms with van der Waals surface area (Å²) in [5.74, 6) is 1.90. The lowest BCUT2D eigenvalue weighted by Crippen LogP contribution is -2.41. The third-order valence-electron chi connectivity index (χ3n) is 5.06. The Bertz CT molecular complexity index is 660. The van der Waals surface area contributed by atoms with Gasteiger partial charge >= 0.3 is 0 Å². The number of hydrogen-bond acceptors (Lipinski definition) is 3. The number of para-hydroxylation sites is 2. The minimum atomic E-state index is 0.201. The van der Waals surface area contributed by atoms with Crippen molar-refractivity contribution in [3.63, 3.8) is 0 Å². The Balaban J connectivity index is 1.77. The molecular weight excluding hydrogens is 286 g/mol. The molecule has 0 saturated carbocycles. The first-order chi connectivity index (χ1) is 11.2. The summed E-state index contributed by atoms with van der Waals surface area (Å²) in [6.07, 6.45) is 2.25. The van der Waals surface area contributed by atoms with Crippen LogP contribution in [0.5, 0.6) is 11.5 Å². The smallest absolute Gasteiger partial charge is 0.142 e. The fourth-order valence-corrected chi connectivity index (χ4v) is 3.42. The maximum atomic E-state index is 5.51. The van der Waals surface area contributed by atoms with E-state index >= 15 is 0 Å². The molecule has 0 unspecified atom stereocenters. The zero-order chi connectivity index (χ0) is 16.3. The summed E-state index contributed by atoms with van der Waals surface area (Å²) in [7, 11) is 3.47. The van der Waals surface area contributed by atoms with Crippen molar-refractivity contribution < 1.29 is 9.47 Å². The minimum Gasteiger partial charge on any atom is -0.497 e. The van der Waals surface area contributed by atoms with Gasteiger partial charge in [0.05, 0.1) is 19.9 Å². The van der Waals surface area contributed by atoms with Crippen molar-refractivity contribution in [1.29, 1.82) is 0 Å². The van der Waals surface area contributed by atoms with Crippen LogP contribution in [0.2, 0.25) is 0 Å². The zero-order valence-corrected chi connectivity index (χ0v) is 14.2. The van der Waals surface area contributed by atoms with Crippen molar-refractivity contribution in [2.24, 2.45) is 0 Å². The quantitative estimate of drug-likeness (QED) is 0.842. The van der Waals surface area contributed by atoms with Crippen molar-refractivity contribution >= 4 is 5.69 Å². The predicted octanol–water partition coefficient (Wildman–Crippen LogP) is 4.26. The van der Waals surface area contributed by atoms with Gasteiger partial charge in [-0.15, -0.1) is 0 Å². The lowest BCUT2D eigenvalue weighted by Gasteiger charge is -2.41. The molecule has 1 heterocycles. The average molecular weight is 311 g/mol. The molecule has 0 aromatic heterocycles. The molecule has 1 saturated heterocycles. The van der Waals surface area contributed by atoms with Gasteiger partial charge in [-0.05, 0) is 48.1 Å². The van der Waals surface area contributed by atoms with E-state index in [1.54, 1.807) is 14.2 Å². The maximum absolute atomic E-state index is 5.51. The van der Waals surface area contributed by atoms with E-state index in [9.17, 15) is 0 Å². The highest BCUT2D eigenvalue weighted by atomic mass is 16.5. The molecule has 3 heteroatoms. The Morgan fingerprint density at radius 2 is 1.65 bits per heavy atom. The van der Waals surface area contributed by atoms with E-state index in [4.69, 9.17) is 9.47 Å². The third kappa shape index (κ3) is 3.14. The normalized spacial score (nSPS) is 16.9. The Kier molecular flexibility index (Phi) is 4.46. The Hall–Kier alpha value is -2.16. The van der Waals surface area contributed by atoms with E-state index in [2.05, 4.69) is 42.2 Å². The third-order valence-corrected chi connectivity index (χ3v) is 5.06. The molecule has 1 aliphatic heterocycles. The van der Waals surface area contributed by atoms with Gasteiger partial charge in [-0.1, -0.05) is 31.2 Å². The fraction of sp³-hybridized carbons (Fsp3) is 0.400. The van der Waals surface area contributed by atoms with Crippen LogP contribution in [0.1, 0.15) is 25.3 Å². The molecule has 0 atom stereocenters. The van der Waals surface area contributed by atoms with Gasteiger partial charge in [0.1, 0.15) is 11.5 Å². The summed E-state index contributed by atoms with van der Waals surface area (Å²) in [5, 5.41) is 0. The van der Waals surface area contributed by atoms with E-state index in [-0.39, 0.29) is 5.41 Å². The van der Waals surface area contributed by atoms with Crippen molar-refractivity contribution in [1.82, 2.24) is 0 Å². The lowest BCUT2D eigenvalue weighted by atomic mass is 9.74. The first-order valence-electron chi connectivity index (χ1n) is 8.19. The second-order valence-corrected chi connectivity index (χ2v) is 6.45. The number of benzene rings is 2. The number of rotatable bonds is 4. The summed E-state index contributed by atoms with van der Waals surface area (Å²) >= 11 is 0. The number of piperidine rings is 1. The van der Waals surface area contributed by atoms with Crippen molar-refractivity contribution in [3.05, 3.63) is 54.1 Å². The molecule has 0 N–H and O–H groups in total. The molecule has 2 aromatic rings. The molecular formula is C20H25NO2. The lowest BCUT2D eigenvalue weighted by molar-refractivity contribution is 0.354. The van der Waals surface area contributed by atoms with Crippen molar-refractivity contribution in [2.75, 3.05) is 32.2 Å². The summed E-state index contributed by atoms with van der Waals surface area (Å²) in [6, 6.07) is 16.8. The van der Waals surface area contributed by atoms with E-state index in [0.717, 1.165) is 37.4 Å².